The van der Waals surface area contributed by atoms with Crippen LogP contribution < -0.4 is 5.32 Å². The van der Waals surface area contributed by atoms with Crippen molar-refractivity contribution in [2.75, 3.05) is 6.54 Å². The Balaban J connectivity index is 1.95. The Labute approximate surface area is 91.9 Å². The minimum atomic E-state index is 0.714. The Kier molecular flexibility index (Phi) is 3.78. The van der Waals surface area contributed by atoms with Gasteiger partial charge in [0.15, 0.2) is 0 Å². The lowest BCUT2D eigenvalue weighted by Crippen LogP contribution is -2.18. The maximum absolute atomic E-state index is 4.27. The summed E-state index contributed by atoms with van der Waals surface area (Å²) in [4.78, 5) is 4.27. The van der Waals surface area contributed by atoms with E-state index < -0.39 is 0 Å². The number of aromatic nitrogens is 2. The van der Waals surface area contributed by atoms with Gasteiger partial charge in [0.05, 0.1) is 12.0 Å². The highest BCUT2D eigenvalue weighted by molar-refractivity contribution is 5.01. The second-order valence-corrected chi connectivity index (χ2v) is 4.41. The van der Waals surface area contributed by atoms with Crippen LogP contribution in [0.15, 0.2) is 12.5 Å². The Morgan fingerprint density at radius 3 is 3.00 bits per heavy atom. The number of nitrogens with one attached hydrogen (secondary N) is 1. The molecule has 1 aromatic heterocycles. The van der Waals surface area contributed by atoms with Gasteiger partial charge in [0, 0.05) is 18.8 Å². The zero-order valence-electron chi connectivity index (χ0n) is 9.58. The fraction of sp³-hybridized carbons (Fsp3) is 0.750. The summed E-state index contributed by atoms with van der Waals surface area (Å²) < 4.78 is 2.37. The van der Waals surface area contributed by atoms with Crippen LogP contribution in [0.25, 0.3) is 0 Å². The van der Waals surface area contributed by atoms with E-state index in [9.17, 15) is 0 Å². The first-order valence-corrected chi connectivity index (χ1v) is 6.13. The van der Waals surface area contributed by atoms with Crippen molar-refractivity contribution in [2.24, 2.45) is 0 Å². The molecule has 1 saturated carbocycles. The quantitative estimate of drug-likeness (QED) is 0.752. The molecule has 0 bridgehead atoms. The van der Waals surface area contributed by atoms with Gasteiger partial charge in [0.2, 0.25) is 0 Å². The number of nitrogens with zero attached hydrogens (tertiary/aromatic N) is 2. The van der Waals surface area contributed by atoms with E-state index in [1.165, 1.54) is 37.8 Å². The first kappa shape index (κ1) is 10.7. The van der Waals surface area contributed by atoms with E-state index in [-0.39, 0.29) is 0 Å². The fourth-order valence-electron chi connectivity index (χ4n) is 2.37. The summed E-state index contributed by atoms with van der Waals surface area (Å²) in [6.45, 7) is 4.25. The first-order valence-electron chi connectivity index (χ1n) is 6.13. The number of imidazole rings is 1. The van der Waals surface area contributed by atoms with Crippen molar-refractivity contribution in [1.82, 2.24) is 14.9 Å². The molecule has 1 heterocycles. The van der Waals surface area contributed by atoms with Crippen molar-refractivity contribution in [1.29, 1.82) is 0 Å². The van der Waals surface area contributed by atoms with E-state index >= 15 is 0 Å². The second kappa shape index (κ2) is 5.31. The summed E-state index contributed by atoms with van der Waals surface area (Å²) in [5.41, 5.74) is 1.34. The number of hydrogen-bond donors (Lipinski definition) is 1. The molecular weight excluding hydrogens is 186 g/mol. The predicted molar refractivity (Wildman–Crippen MR) is 61.7 cm³/mol. The van der Waals surface area contributed by atoms with E-state index in [1.54, 1.807) is 0 Å². The van der Waals surface area contributed by atoms with Gasteiger partial charge in [-0.05, 0) is 25.8 Å². The first-order chi connectivity index (χ1) is 7.42. The zero-order chi connectivity index (χ0) is 10.5. The maximum Gasteiger partial charge on any atom is 0.0951 e. The van der Waals surface area contributed by atoms with E-state index in [2.05, 4.69) is 21.8 Å². The van der Waals surface area contributed by atoms with Gasteiger partial charge in [-0.15, -0.1) is 0 Å². The monoisotopic (exact) mass is 207 g/mol. The molecule has 3 heteroatoms. The van der Waals surface area contributed by atoms with Gasteiger partial charge in [-0.25, -0.2) is 4.98 Å². The molecule has 1 aliphatic carbocycles. The van der Waals surface area contributed by atoms with Crippen LogP contribution in [0.2, 0.25) is 0 Å². The normalized spacial score (nSPS) is 17.4. The molecule has 0 amide bonds. The third-order valence-corrected chi connectivity index (χ3v) is 3.20. The standard InChI is InChI=1S/C12H21N3/c1-2-7-13-8-12-9-14-10-15(12)11-5-3-4-6-11/h9-11,13H,2-8H2,1H3. The summed E-state index contributed by atoms with van der Waals surface area (Å²) in [5.74, 6) is 0. The van der Waals surface area contributed by atoms with Crippen molar-refractivity contribution in [3.05, 3.63) is 18.2 Å². The van der Waals surface area contributed by atoms with Gasteiger partial charge in [-0.1, -0.05) is 19.8 Å². The topological polar surface area (TPSA) is 29.9 Å². The SMILES string of the molecule is CCCNCc1cncn1C1CCCC1. The lowest BCUT2D eigenvalue weighted by Gasteiger charge is -2.15. The summed E-state index contributed by atoms with van der Waals surface area (Å²) in [5, 5.41) is 3.44. The summed E-state index contributed by atoms with van der Waals surface area (Å²) in [6.07, 6.45) is 10.6. The van der Waals surface area contributed by atoms with Gasteiger partial charge in [0.25, 0.3) is 0 Å². The van der Waals surface area contributed by atoms with Crippen molar-refractivity contribution < 1.29 is 0 Å². The lowest BCUT2D eigenvalue weighted by molar-refractivity contribution is 0.490. The van der Waals surface area contributed by atoms with Crippen LogP contribution in [0.1, 0.15) is 50.8 Å². The summed E-state index contributed by atoms with van der Waals surface area (Å²) >= 11 is 0. The van der Waals surface area contributed by atoms with Crippen LogP contribution in [0, 0.1) is 0 Å². The van der Waals surface area contributed by atoms with Crippen LogP contribution in [-0.4, -0.2) is 16.1 Å². The molecule has 0 atom stereocenters. The Bertz CT molecular complexity index is 287. The van der Waals surface area contributed by atoms with Crippen LogP contribution in [0.4, 0.5) is 0 Å². The van der Waals surface area contributed by atoms with Gasteiger partial charge < -0.3 is 9.88 Å². The van der Waals surface area contributed by atoms with Crippen molar-refractivity contribution in [3.8, 4) is 0 Å². The molecule has 3 nitrogen and oxygen atoms in total. The van der Waals surface area contributed by atoms with Gasteiger partial charge >= 0.3 is 0 Å². The molecule has 0 unspecified atom stereocenters. The molecule has 1 N–H and O–H groups in total. The molecule has 84 valence electrons. The third-order valence-electron chi connectivity index (χ3n) is 3.20. The molecule has 0 aromatic carbocycles. The third kappa shape index (κ3) is 2.59. The predicted octanol–water partition coefficient (Wildman–Crippen LogP) is 2.50. The van der Waals surface area contributed by atoms with Gasteiger partial charge in [-0.3, -0.25) is 0 Å². The molecule has 1 aliphatic rings. The minimum absolute atomic E-state index is 0.714. The molecule has 15 heavy (non-hydrogen) atoms. The number of hydrogen-bond acceptors (Lipinski definition) is 2. The number of rotatable bonds is 5. The summed E-state index contributed by atoms with van der Waals surface area (Å²) in [7, 11) is 0. The average Bonchev–Trinajstić information content (AvgIpc) is 2.87. The minimum Gasteiger partial charge on any atom is -0.330 e. The molecule has 1 fully saturated rings. The van der Waals surface area contributed by atoms with Crippen LogP contribution in [0.5, 0.6) is 0 Å². The maximum atomic E-state index is 4.27. The molecule has 2 rings (SSSR count). The van der Waals surface area contributed by atoms with Crippen LogP contribution in [-0.2, 0) is 6.54 Å². The Morgan fingerprint density at radius 1 is 1.47 bits per heavy atom. The smallest absolute Gasteiger partial charge is 0.0951 e. The van der Waals surface area contributed by atoms with Crippen LogP contribution in [0.3, 0.4) is 0 Å². The van der Waals surface area contributed by atoms with Crippen molar-refractivity contribution in [3.63, 3.8) is 0 Å². The highest BCUT2D eigenvalue weighted by Crippen LogP contribution is 2.30. The fourth-order valence-corrected chi connectivity index (χ4v) is 2.37. The summed E-state index contributed by atoms with van der Waals surface area (Å²) in [6, 6.07) is 0.714. The van der Waals surface area contributed by atoms with Crippen molar-refractivity contribution >= 4 is 0 Å². The van der Waals surface area contributed by atoms with E-state index in [0.29, 0.717) is 6.04 Å². The van der Waals surface area contributed by atoms with Gasteiger partial charge in [-0.2, -0.15) is 0 Å². The second-order valence-electron chi connectivity index (χ2n) is 4.41. The molecule has 0 aliphatic heterocycles. The molecular formula is C12H21N3. The molecule has 1 aromatic rings. The molecule has 0 saturated heterocycles. The van der Waals surface area contributed by atoms with Crippen molar-refractivity contribution in [2.45, 2.75) is 51.6 Å². The van der Waals surface area contributed by atoms with E-state index in [1.807, 2.05) is 12.5 Å². The molecule has 0 spiro atoms. The van der Waals surface area contributed by atoms with E-state index in [4.69, 9.17) is 0 Å². The largest absolute Gasteiger partial charge is 0.330 e. The molecule has 0 radical (unpaired) electrons. The van der Waals surface area contributed by atoms with Gasteiger partial charge in [0.1, 0.15) is 0 Å². The van der Waals surface area contributed by atoms with Crippen LogP contribution >= 0.6 is 0 Å². The zero-order valence-corrected chi connectivity index (χ0v) is 9.58. The van der Waals surface area contributed by atoms with E-state index in [0.717, 1.165) is 13.1 Å². The lowest BCUT2D eigenvalue weighted by atomic mass is 10.2. The Morgan fingerprint density at radius 2 is 2.27 bits per heavy atom. The Hall–Kier alpha value is -0.830. The average molecular weight is 207 g/mol. The highest BCUT2D eigenvalue weighted by Gasteiger charge is 2.18. The highest BCUT2D eigenvalue weighted by atomic mass is 15.1.